The zero-order valence-corrected chi connectivity index (χ0v) is 14.0. The lowest BCUT2D eigenvalue weighted by molar-refractivity contribution is 0.180. The second-order valence-corrected chi connectivity index (χ2v) is 6.72. The van der Waals surface area contributed by atoms with Crippen LogP contribution in [0.4, 0.5) is 0 Å². The summed E-state index contributed by atoms with van der Waals surface area (Å²) in [4.78, 5) is 0. The van der Waals surface area contributed by atoms with Crippen molar-refractivity contribution in [1.29, 1.82) is 0 Å². The first-order chi connectivity index (χ1) is 9.12. The molecule has 1 heterocycles. The van der Waals surface area contributed by atoms with Crippen molar-refractivity contribution >= 4 is 15.9 Å². The third kappa shape index (κ3) is 3.22. The highest BCUT2D eigenvalue weighted by molar-refractivity contribution is 9.10. The van der Waals surface area contributed by atoms with Crippen LogP contribution in [0.1, 0.15) is 50.4 Å². The first kappa shape index (κ1) is 15.0. The fourth-order valence-electron chi connectivity index (χ4n) is 3.49. The van der Waals surface area contributed by atoms with Crippen molar-refractivity contribution in [3.05, 3.63) is 15.9 Å². The Morgan fingerprint density at radius 2 is 2.00 bits per heavy atom. The van der Waals surface area contributed by atoms with Gasteiger partial charge in [0.2, 0.25) is 0 Å². The fraction of sp³-hybridized carbons (Fsp3) is 0.800. The van der Waals surface area contributed by atoms with Crippen molar-refractivity contribution < 1.29 is 0 Å². The van der Waals surface area contributed by atoms with E-state index in [9.17, 15) is 0 Å². The highest BCUT2D eigenvalue weighted by Crippen LogP contribution is 2.40. The summed E-state index contributed by atoms with van der Waals surface area (Å²) in [5.74, 6) is 0. The largest absolute Gasteiger partial charge is 0.319 e. The Morgan fingerprint density at radius 3 is 2.58 bits per heavy atom. The van der Waals surface area contributed by atoms with E-state index in [4.69, 9.17) is 0 Å². The van der Waals surface area contributed by atoms with Gasteiger partial charge in [0.05, 0.1) is 15.9 Å². The maximum Gasteiger partial charge on any atom is 0.0738 e. The molecule has 0 atom stereocenters. The summed E-state index contributed by atoms with van der Waals surface area (Å²) >= 11 is 3.74. The highest BCUT2D eigenvalue weighted by atomic mass is 79.9. The topological polar surface area (TPSA) is 29.9 Å². The van der Waals surface area contributed by atoms with Crippen molar-refractivity contribution in [3.63, 3.8) is 0 Å². The molecule has 0 unspecified atom stereocenters. The summed E-state index contributed by atoms with van der Waals surface area (Å²) in [5.41, 5.74) is 2.93. The summed E-state index contributed by atoms with van der Waals surface area (Å²) in [6.45, 7) is 6.34. The second-order valence-electron chi connectivity index (χ2n) is 5.93. The van der Waals surface area contributed by atoms with Gasteiger partial charge in [0.25, 0.3) is 0 Å². The number of nitrogens with zero attached hydrogens (tertiary/aromatic N) is 2. The average molecular weight is 328 g/mol. The van der Waals surface area contributed by atoms with E-state index < -0.39 is 0 Å². The van der Waals surface area contributed by atoms with Crippen LogP contribution in [-0.4, -0.2) is 23.4 Å². The molecule has 1 aliphatic carbocycles. The Morgan fingerprint density at radius 1 is 1.32 bits per heavy atom. The van der Waals surface area contributed by atoms with Crippen LogP contribution in [-0.2, 0) is 13.0 Å². The minimum absolute atomic E-state index is 0.426. The van der Waals surface area contributed by atoms with Crippen LogP contribution < -0.4 is 5.32 Å². The first-order valence-electron chi connectivity index (χ1n) is 7.48. The van der Waals surface area contributed by atoms with Gasteiger partial charge >= 0.3 is 0 Å². The summed E-state index contributed by atoms with van der Waals surface area (Å²) in [6.07, 6.45) is 7.97. The van der Waals surface area contributed by atoms with Crippen LogP contribution in [0.2, 0.25) is 0 Å². The van der Waals surface area contributed by atoms with Crippen molar-refractivity contribution in [3.8, 4) is 0 Å². The summed E-state index contributed by atoms with van der Waals surface area (Å²) in [6, 6.07) is 0. The monoisotopic (exact) mass is 327 g/mol. The third-order valence-corrected chi connectivity index (χ3v) is 5.49. The molecule has 0 saturated heterocycles. The van der Waals surface area contributed by atoms with E-state index in [1.165, 1.54) is 42.3 Å². The smallest absolute Gasteiger partial charge is 0.0738 e. The van der Waals surface area contributed by atoms with Crippen LogP contribution in [0.5, 0.6) is 0 Å². The molecule has 2 rings (SSSR count). The van der Waals surface area contributed by atoms with Gasteiger partial charge in [-0.1, -0.05) is 19.3 Å². The molecular weight excluding hydrogens is 302 g/mol. The first-order valence-corrected chi connectivity index (χ1v) is 8.27. The molecule has 0 spiro atoms. The number of hydrogen-bond acceptors (Lipinski definition) is 2. The van der Waals surface area contributed by atoms with Crippen molar-refractivity contribution in [1.82, 2.24) is 15.1 Å². The lowest BCUT2D eigenvalue weighted by Gasteiger charge is -2.37. The fourth-order valence-corrected chi connectivity index (χ4v) is 3.91. The minimum Gasteiger partial charge on any atom is -0.319 e. The van der Waals surface area contributed by atoms with E-state index in [0.29, 0.717) is 5.41 Å². The predicted octanol–water partition coefficient (Wildman–Crippen LogP) is 3.69. The van der Waals surface area contributed by atoms with Crippen LogP contribution in [0.3, 0.4) is 0 Å². The van der Waals surface area contributed by atoms with Gasteiger partial charge in [-0.05, 0) is 61.5 Å². The number of hydrogen-bond donors (Lipinski definition) is 1. The summed E-state index contributed by atoms with van der Waals surface area (Å²) in [7, 11) is 2.08. The van der Waals surface area contributed by atoms with E-state index in [1.54, 1.807) is 0 Å². The zero-order valence-electron chi connectivity index (χ0n) is 12.4. The maximum absolute atomic E-state index is 4.63. The Bertz CT molecular complexity index is 414. The predicted molar refractivity (Wildman–Crippen MR) is 83.5 cm³/mol. The number of rotatable bonds is 5. The highest BCUT2D eigenvalue weighted by Gasteiger charge is 2.33. The van der Waals surface area contributed by atoms with Crippen LogP contribution in [0.25, 0.3) is 0 Å². The molecule has 0 bridgehead atoms. The van der Waals surface area contributed by atoms with Crippen LogP contribution in [0, 0.1) is 12.3 Å². The molecule has 0 amide bonds. The minimum atomic E-state index is 0.426. The average Bonchev–Trinajstić information content (AvgIpc) is 2.68. The number of aromatic nitrogens is 2. The standard InChI is InChI=1S/C15H26BrN3/c1-4-19-13(14(16)12(2)18-19)10-15(11-17-3)8-6-5-7-9-15/h17H,4-11H2,1-3H3. The Balaban J connectivity index is 2.26. The lowest BCUT2D eigenvalue weighted by atomic mass is 9.71. The normalized spacial score (nSPS) is 18.7. The summed E-state index contributed by atoms with van der Waals surface area (Å²) in [5, 5.41) is 8.05. The third-order valence-electron chi connectivity index (χ3n) is 4.46. The van der Waals surface area contributed by atoms with E-state index in [0.717, 1.165) is 25.2 Å². The molecule has 19 heavy (non-hydrogen) atoms. The molecule has 0 aliphatic heterocycles. The SMILES string of the molecule is CCn1nc(C)c(Br)c1CC1(CNC)CCCCC1. The van der Waals surface area contributed by atoms with Gasteiger partial charge < -0.3 is 5.32 Å². The Kier molecular flexibility index (Phi) is 5.07. The Hall–Kier alpha value is -0.350. The zero-order chi connectivity index (χ0) is 13.9. The van der Waals surface area contributed by atoms with E-state index >= 15 is 0 Å². The van der Waals surface area contributed by atoms with Crippen LogP contribution >= 0.6 is 15.9 Å². The summed E-state index contributed by atoms with van der Waals surface area (Å²) < 4.78 is 3.39. The molecule has 1 aliphatic rings. The molecule has 0 radical (unpaired) electrons. The maximum atomic E-state index is 4.63. The van der Waals surface area contributed by atoms with E-state index in [1.807, 2.05) is 0 Å². The molecule has 3 nitrogen and oxygen atoms in total. The van der Waals surface area contributed by atoms with Crippen LogP contribution in [0.15, 0.2) is 4.47 Å². The molecule has 108 valence electrons. The van der Waals surface area contributed by atoms with Gasteiger partial charge in [-0.25, -0.2) is 0 Å². The second kappa shape index (κ2) is 6.40. The quantitative estimate of drug-likeness (QED) is 0.893. The molecule has 0 aromatic carbocycles. The molecule has 1 N–H and O–H groups in total. The lowest BCUT2D eigenvalue weighted by Crippen LogP contribution is -2.37. The molecule has 1 aromatic heterocycles. The van der Waals surface area contributed by atoms with Crippen molar-refractivity contribution in [2.24, 2.45) is 5.41 Å². The van der Waals surface area contributed by atoms with Gasteiger partial charge in [-0.2, -0.15) is 5.10 Å². The molecule has 1 aromatic rings. The van der Waals surface area contributed by atoms with Gasteiger partial charge in [0.1, 0.15) is 0 Å². The molecular formula is C15H26BrN3. The van der Waals surface area contributed by atoms with Gasteiger partial charge in [0, 0.05) is 13.1 Å². The van der Waals surface area contributed by atoms with Crippen molar-refractivity contribution in [2.75, 3.05) is 13.6 Å². The van der Waals surface area contributed by atoms with Gasteiger partial charge in [0.15, 0.2) is 0 Å². The van der Waals surface area contributed by atoms with E-state index in [2.05, 4.69) is 51.9 Å². The molecule has 1 saturated carbocycles. The number of halogens is 1. The van der Waals surface area contributed by atoms with E-state index in [-0.39, 0.29) is 0 Å². The number of nitrogens with one attached hydrogen (secondary N) is 1. The molecule has 1 fully saturated rings. The van der Waals surface area contributed by atoms with Gasteiger partial charge in [-0.15, -0.1) is 0 Å². The van der Waals surface area contributed by atoms with Crippen molar-refractivity contribution in [2.45, 2.75) is 58.9 Å². The molecule has 4 heteroatoms. The number of aryl methyl sites for hydroxylation is 2. The Labute approximate surface area is 125 Å². The van der Waals surface area contributed by atoms with Gasteiger partial charge in [-0.3, -0.25) is 4.68 Å².